The second kappa shape index (κ2) is 13.3. The molecule has 3 aromatic carbocycles. The zero-order valence-electron chi connectivity index (χ0n) is 24.1. The van der Waals surface area contributed by atoms with Gasteiger partial charge in [0.1, 0.15) is 18.1 Å². The Morgan fingerprint density at radius 1 is 0.902 bits per heavy atom. The van der Waals surface area contributed by atoms with E-state index in [4.69, 9.17) is 18.9 Å². The summed E-state index contributed by atoms with van der Waals surface area (Å²) in [4.78, 5) is 16.7. The summed E-state index contributed by atoms with van der Waals surface area (Å²) in [6.07, 6.45) is 6.52. The van der Waals surface area contributed by atoms with Crippen molar-refractivity contribution in [3.63, 3.8) is 0 Å². The Kier molecular flexibility index (Phi) is 9.29. The van der Waals surface area contributed by atoms with Crippen LogP contribution >= 0.6 is 11.8 Å². The van der Waals surface area contributed by atoms with Gasteiger partial charge in [-0.05, 0) is 72.9 Å². The first-order valence-electron chi connectivity index (χ1n) is 14.0. The lowest BCUT2D eigenvalue weighted by molar-refractivity contribution is -0.129. The van der Waals surface area contributed by atoms with E-state index in [2.05, 4.69) is 17.1 Å². The van der Waals surface area contributed by atoms with Crippen molar-refractivity contribution in [2.24, 2.45) is 5.92 Å². The zero-order chi connectivity index (χ0) is 28.8. The van der Waals surface area contributed by atoms with Crippen molar-refractivity contribution in [1.29, 1.82) is 0 Å². The molecule has 0 bridgehead atoms. The van der Waals surface area contributed by atoms with Gasteiger partial charge in [0.25, 0.3) is 5.91 Å². The number of hydrogen-bond acceptors (Lipinski definition) is 7. The van der Waals surface area contributed by atoms with Crippen molar-refractivity contribution < 1.29 is 23.7 Å². The van der Waals surface area contributed by atoms with Gasteiger partial charge in [0.05, 0.1) is 26.2 Å². The summed E-state index contributed by atoms with van der Waals surface area (Å²) in [5, 5.41) is 3.60. The van der Waals surface area contributed by atoms with Crippen LogP contribution in [0, 0.1) is 5.92 Å². The lowest BCUT2D eigenvalue weighted by Gasteiger charge is -2.39. The fourth-order valence-electron chi connectivity index (χ4n) is 5.56. The molecule has 0 aromatic heterocycles. The third-order valence-corrected chi connectivity index (χ3v) is 8.89. The maximum absolute atomic E-state index is 13.9. The van der Waals surface area contributed by atoms with Crippen molar-refractivity contribution >= 4 is 29.4 Å². The molecule has 1 aliphatic carbocycles. The Balaban J connectivity index is 1.37. The Labute approximate surface area is 246 Å². The number of anilines is 1. The Hall–Kier alpha value is -3.78. The van der Waals surface area contributed by atoms with Gasteiger partial charge in [0.2, 0.25) is 0 Å². The van der Waals surface area contributed by atoms with Crippen LogP contribution in [0.5, 0.6) is 23.0 Å². The Bertz CT molecular complexity index is 1380. The first-order chi connectivity index (χ1) is 20.0. The predicted octanol–water partition coefficient (Wildman–Crippen LogP) is 7.18. The van der Waals surface area contributed by atoms with Crippen LogP contribution < -0.4 is 24.3 Å². The summed E-state index contributed by atoms with van der Waals surface area (Å²) in [6.45, 7) is 2.56. The van der Waals surface area contributed by atoms with Crippen molar-refractivity contribution in [3.8, 4) is 23.0 Å². The predicted molar refractivity (Wildman–Crippen MR) is 165 cm³/mol. The molecular weight excluding hydrogens is 536 g/mol. The molecule has 2 fully saturated rings. The van der Waals surface area contributed by atoms with E-state index in [9.17, 15) is 4.79 Å². The van der Waals surface area contributed by atoms with Crippen LogP contribution in [-0.2, 0) is 11.4 Å². The van der Waals surface area contributed by atoms with Crippen molar-refractivity contribution in [3.05, 3.63) is 82.8 Å². The maximum atomic E-state index is 13.9. The molecule has 0 radical (unpaired) electrons. The van der Waals surface area contributed by atoms with Crippen LogP contribution in [0.25, 0.3) is 6.08 Å². The van der Waals surface area contributed by atoms with E-state index in [0.29, 0.717) is 22.3 Å². The van der Waals surface area contributed by atoms with Gasteiger partial charge in [-0.1, -0.05) is 55.8 Å². The minimum atomic E-state index is -0.163. The van der Waals surface area contributed by atoms with E-state index in [1.54, 1.807) is 33.1 Å². The highest BCUT2D eigenvalue weighted by Crippen LogP contribution is 2.42. The van der Waals surface area contributed by atoms with Crippen LogP contribution in [0.15, 0.2) is 71.6 Å². The fourth-order valence-corrected chi connectivity index (χ4v) is 6.77. The van der Waals surface area contributed by atoms with Crippen LogP contribution in [0.4, 0.5) is 5.69 Å². The second-order valence-corrected chi connectivity index (χ2v) is 11.5. The zero-order valence-corrected chi connectivity index (χ0v) is 24.9. The van der Waals surface area contributed by atoms with E-state index in [-0.39, 0.29) is 24.1 Å². The number of nitrogens with one attached hydrogen (secondary N) is 1. The number of rotatable bonds is 10. The van der Waals surface area contributed by atoms with Crippen molar-refractivity contribution in [2.45, 2.75) is 50.8 Å². The van der Waals surface area contributed by atoms with Crippen LogP contribution in [-0.4, -0.2) is 43.7 Å². The van der Waals surface area contributed by atoms with E-state index >= 15 is 0 Å². The molecule has 8 heteroatoms. The fraction of sp³-hybridized carbons (Fsp3) is 0.364. The number of nitrogens with zero attached hydrogens (tertiary/aromatic N) is 1. The molecule has 3 atom stereocenters. The SMILES string of the molecule is COc1ccc(OC)c(COc2ccc(/C=C3\SC(Nc4ccccc4)N([C@@H]4CCCC[C@@H]4C)C3=O)cc2OC)c1. The number of carbonyl (C=O) groups excluding carboxylic acids is 1. The first-order valence-corrected chi connectivity index (χ1v) is 14.9. The maximum Gasteiger partial charge on any atom is 0.262 e. The number of ether oxygens (including phenoxy) is 4. The van der Waals surface area contributed by atoms with Gasteiger partial charge in [-0.3, -0.25) is 4.79 Å². The molecule has 1 unspecified atom stereocenters. The van der Waals surface area contributed by atoms with Gasteiger partial charge < -0.3 is 29.2 Å². The van der Waals surface area contributed by atoms with Gasteiger partial charge >= 0.3 is 0 Å². The summed E-state index contributed by atoms with van der Waals surface area (Å²) >= 11 is 1.57. The number of para-hydroxylation sites is 1. The van der Waals surface area contributed by atoms with Gasteiger partial charge in [0.15, 0.2) is 17.0 Å². The molecule has 1 heterocycles. The average Bonchev–Trinajstić information content (AvgIpc) is 3.30. The van der Waals surface area contributed by atoms with E-state index in [1.807, 2.05) is 72.8 Å². The molecule has 2 aliphatic rings. The first kappa shape index (κ1) is 28.7. The summed E-state index contributed by atoms with van der Waals surface area (Å²) in [5.41, 5.74) is 2.58. The Morgan fingerprint density at radius 3 is 2.39 bits per heavy atom. The normalized spacial score (nSPS) is 21.6. The third kappa shape index (κ3) is 6.59. The minimum Gasteiger partial charge on any atom is -0.497 e. The molecule has 216 valence electrons. The van der Waals surface area contributed by atoms with E-state index < -0.39 is 0 Å². The van der Waals surface area contributed by atoms with Gasteiger partial charge in [-0.25, -0.2) is 0 Å². The van der Waals surface area contributed by atoms with E-state index in [1.165, 1.54) is 6.42 Å². The number of methoxy groups -OCH3 is 3. The molecule has 3 aromatic rings. The van der Waals surface area contributed by atoms with Crippen LogP contribution in [0.3, 0.4) is 0 Å². The molecule has 1 amide bonds. The minimum absolute atomic E-state index is 0.0756. The Morgan fingerprint density at radius 2 is 1.66 bits per heavy atom. The quantitative estimate of drug-likeness (QED) is 0.257. The van der Waals surface area contributed by atoms with Gasteiger partial charge in [-0.15, -0.1) is 0 Å². The average molecular weight is 575 g/mol. The summed E-state index contributed by atoms with van der Waals surface area (Å²) < 4.78 is 22.6. The lowest BCUT2D eigenvalue weighted by atomic mass is 9.85. The van der Waals surface area contributed by atoms with Crippen LogP contribution in [0.1, 0.15) is 43.7 Å². The highest BCUT2D eigenvalue weighted by molar-refractivity contribution is 8.05. The lowest BCUT2D eigenvalue weighted by Crippen LogP contribution is -2.48. The highest BCUT2D eigenvalue weighted by atomic mass is 32.2. The number of amides is 1. The number of carbonyl (C=O) groups is 1. The molecule has 7 nitrogen and oxygen atoms in total. The third-order valence-electron chi connectivity index (χ3n) is 7.78. The summed E-state index contributed by atoms with van der Waals surface area (Å²) in [5.74, 6) is 3.19. The number of hydrogen-bond donors (Lipinski definition) is 1. The highest BCUT2D eigenvalue weighted by Gasteiger charge is 2.42. The molecule has 1 aliphatic heterocycles. The largest absolute Gasteiger partial charge is 0.497 e. The molecule has 1 saturated heterocycles. The number of benzene rings is 3. The smallest absolute Gasteiger partial charge is 0.262 e. The van der Waals surface area contributed by atoms with Gasteiger partial charge in [-0.2, -0.15) is 0 Å². The molecular formula is C33H38N2O5S. The molecule has 41 heavy (non-hydrogen) atoms. The number of thioether (sulfide) groups is 1. The standard InChI is InChI=1S/C33H38N2O5S/c1-22-10-8-9-13-27(22)35-32(36)31(41-33(35)34-25-11-6-5-7-12-25)19-23-14-16-29(30(18-23)39-4)40-21-24-20-26(37-2)15-17-28(24)38-3/h5-7,11-12,14-20,22,27,33-34H,8-10,13,21H2,1-4H3/b31-19-/t22-,27+,33?/m0/s1. The second-order valence-electron chi connectivity index (χ2n) is 10.4. The van der Waals surface area contributed by atoms with E-state index in [0.717, 1.165) is 47.6 Å². The van der Waals surface area contributed by atoms with Crippen LogP contribution in [0.2, 0.25) is 0 Å². The van der Waals surface area contributed by atoms with Gasteiger partial charge in [0, 0.05) is 17.3 Å². The summed E-state index contributed by atoms with van der Waals surface area (Å²) in [6, 6.07) is 21.7. The molecule has 1 N–H and O–H groups in total. The molecule has 5 rings (SSSR count). The molecule has 1 saturated carbocycles. The van der Waals surface area contributed by atoms with Crippen molar-refractivity contribution in [2.75, 3.05) is 26.6 Å². The monoisotopic (exact) mass is 574 g/mol. The van der Waals surface area contributed by atoms with Crippen molar-refractivity contribution in [1.82, 2.24) is 4.90 Å². The topological polar surface area (TPSA) is 69.3 Å². The molecule has 0 spiro atoms. The summed E-state index contributed by atoms with van der Waals surface area (Å²) in [7, 11) is 4.88.